The van der Waals surface area contributed by atoms with E-state index >= 15 is 0 Å². The molecular formula is C8H15NOS. The second-order valence-corrected chi connectivity index (χ2v) is 3.78. The van der Waals surface area contributed by atoms with E-state index in [0.29, 0.717) is 12.3 Å². The highest BCUT2D eigenvalue weighted by Crippen LogP contribution is 2.16. The lowest BCUT2D eigenvalue weighted by Gasteiger charge is -2.17. The van der Waals surface area contributed by atoms with E-state index in [-0.39, 0.29) is 11.8 Å². The summed E-state index contributed by atoms with van der Waals surface area (Å²) in [5.74, 6) is 0.301. The van der Waals surface area contributed by atoms with Gasteiger partial charge in [-0.05, 0) is 17.7 Å². The van der Waals surface area contributed by atoms with Crippen LogP contribution in [-0.2, 0) is 4.79 Å². The molecule has 0 rings (SSSR count). The summed E-state index contributed by atoms with van der Waals surface area (Å²) >= 11 is 5.00. The van der Waals surface area contributed by atoms with Crippen molar-refractivity contribution in [3.05, 3.63) is 0 Å². The highest BCUT2D eigenvalue weighted by Gasteiger charge is 2.17. The molecule has 0 aromatic rings. The summed E-state index contributed by atoms with van der Waals surface area (Å²) in [5.41, 5.74) is 5.07. The Morgan fingerprint density at radius 1 is 1.55 bits per heavy atom. The number of carbonyl (C=O) groups is 1. The Morgan fingerprint density at radius 3 is 2.09 bits per heavy atom. The normalized spacial score (nSPS) is 13.1. The Hall–Kier alpha value is -0.440. The predicted molar refractivity (Wildman–Crippen MR) is 50.4 cm³/mol. The van der Waals surface area contributed by atoms with Crippen LogP contribution in [0.15, 0.2) is 0 Å². The van der Waals surface area contributed by atoms with Crippen LogP contribution in [0, 0.1) is 11.8 Å². The summed E-state index contributed by atoms with van der Waals surface area (Å²) in [4.78, 5) is 11.5. The van der Waals surface area contributed by atoms with Crippen LogP contribution in [0.2, 0.25) is 0 Å². The lowest BCUT2D eigenvalue weighted by Crippen LogP contribution is -2.24. The molecule has 1 amide bonds. The van der Waals surface area contributed by atoms with Gasteiger partial charge < -0.3 is 5.73 Å². The van der Waals surface area contributed by atoms with Crippen LogP contribution in [0.3, 0.4) is 0 Å². The largest absolute Gasteiger partial charge is 0.370 e. The molecule has 2 N–H and O–H groups in total. The second-order valence-electron chi connectivity index (χ2n) is 3.13. The number of amides is 1. The van der Waals surface area contributed by atoms with Crippen molar-refractivity contribution in [2.75, 3.05) is 0 Å². The van der Waals surface area contributed by atoms with Gasteiger partial charge in [0.15, 0.2) is 0 Å². The van der Waals surface area contributed by atoms with Gasteiger partial charge >= 0.3 is 0 Å². The van der Waals surface area contributed by atoms with Gasteiger partial charge in [0, 0.05) is 12.3 Å². The molecule has 1 atom stereocenters. The molecule has 0 radical (unpaired) electrons. The zero-order valence-corrected chi connectivity index (χ0v) is 8.07. The van der Waals surface area contributed by atoms with Gasteiger partial charge in [0.05, 0.1) is 0 Å². The van der Waals surface area contributed by atoms with Crippen molar-refractivity contribution in [2.24, 2.45) is 17.6 Å². The van der Waals surface area contributed by atoms with Crippen molar-refractivity contribution in [3.63, 3.8) is 0 Å². The monoisotopic (exact) mass is 173 g/mol. The lowest BCUT2D eigenvalue weighted by molar-refractivity contribution is -0.118. The van der Waals surface area contributed by atoms with E-state index in [1.165, 1.54) is 0 Å². The van der Waals surface area contributed by atoms with E-state index in [9.17, 15) is 4.79 Å². The minimum atomic E-state index is -0.270. The molecule has 0 aromatic carbocycles. The molecule has 0 aliphatic rings. The fraction of sp³-hybridized carbons (Fsp3) is 0.750. The van der Waals surface area contributed by atoms with Crippen LogP contribution in [0.5, 0.6) is 0 Å². The van der Waals surface area contributed by atoms with E-state index in [2.05, 4.69) is 0 Å². The van der Waals surface area contributed by atoms with Crippen molar-refractivity contribution < 1.29 is 4.79 Å². The molecular weight excluding hydrogens is 158 g/mol. The third-order valence-corrected chi connectivity index (χ3v) is 2.05. The number of rotatable bonds is 4. The highest BCUT2D eigenvalue weighted by atomic mass is 32.1. The minimum absolute atomic E-state index is 0.169. The van der Waals surface area contributed by atoms with Crippen molar-refractivity contribution in [3.8, 4) is 0 Å². The van der Waals surface area contributed by atoms with Crippen molar-refractivity contribution >= 4 is 23.0 Å². The molecule has 0 fully saturated rings. The Labute approximate surface area is 73.2 Å². The second kappa shape index (κ2) is 4.44. The van der Waals surface area contributed by atoms with Gasteiger partial charge in [-0.1, -0.05) is 26.1 Å². The van der Waals surface area contributed by atoms with Crippen LogP contribution in [-0.4, -0.2) is 10.8 Å². The lowest BCUT2D eigenvalue weighted by atomic mass is 9.90. The molecule has 1 unspecified atom stereocenters. The molecule has 0 aliphatic carbocycles. The van der Waals surface area contributed by atoms with E-state index in [0.717, 1.165) is 4.86 Å². The fourth-order valence-electron chi connectivity index (χ4n) is 1.07. The molecule has 0 aliphatic heterocycles. The number of carbonyl (C=O) groups excluding carboxylic acids is 1. The van der Waals surface area contributed by atoms with E-state index in [1.807, 2.05) is 20.8 Å². The number of thiocarbonyl (C=S) groups is 1. The summed E-state index contributed by atoms with van der Waals surface area (Å²) in [5, 5.41) is 0. The first-order valence-corrected chi connectivity index (χ1v) is 4.14. The standard InChI is InChI=1S/C8H15NOS/c1-5(2)7(6(3)11)4-8(9)10/h5,7H,4H2,1-3H3,(H2,9,10). The summed E-state index contributed by atoms with van der Waals surface area (Å²) in [6.45, 7) is 5.95. The minimum Gasteiger partial charge on any atom is -0.370 e. The van der Waals surface area contributed by atoms with Gasteiger partial charge in [-0.15, -0.1) is 0 Å². The quantitative estimate of drug-likeness (QED) is 0.655. The van der Waals surface area contributed by atoms with Crippen molar-refractivity contribution in [1.82, 2.24) is 0 Å². The molecule has 64 valence electrons. The average Bonchev–Trinajstić information content (AvgIpc) is 1.81. The Balaban J connectivity index is 4.12. The first-order chi connectivity index (χ1) is 4.95. The van der Waals surface area contributed by atoms with E-state index in [1.54, 1.807) is 0 Å². The average molecular weight is 173 g/mol. The molecule has 0 bridgehead atoms. The topological polar surface area (TPSA) is 43.1 Å². The maximum atomic E-state index is 10.6. The molecule has 0 spiro atoms. The van der Waals surface area contributed by atoms with Gasteiger partial charge in [0.2, 0.25) is 5.91 Å². The van der Waals surface area contributed by atoms with Gasteiger partial charge in [0.1, 0.15) is 0 Å². The predicted octanol–water partition coefficient (Wildman–Crippen LogP) is 1.52. The molecule has 0 saturated carbocycles. The molecule has 3 heteroatoms. The van der Waals surface area contributed by atoms with Crippen LogP contribution in [0.4, 0.5) is 0 Å². The third-order valence-electron chi connectivity index (χ3n) is 1.75. The molecule has 11 heavy (non-hydrogen) atoms. The Bertz CT molecular complexity index is 165. The Morgan fingerprint density at radius 2 is 2.00 bits per heavy atom. The van der Waals surface area contributed by atoms with Gasteiger partial charge in [0.25, 0.3) is 0 Å². The SMILES string of the molecule is CC(=S)C(CC(N)=O)C(C)C. The summed E-state index contributed by atoms with van der Waals surface area (Å²) in [6, 6.07) is 0. The zero-order chi connectivity index (χ0) is 9.02. The first kappa shape index (κ1) is 10.6. The fourth-order valence-corrected chi connectivity index (χ4v) is 1.42. The Kier molecular flexibility index (Phi) is 4.26. The van der Waals surface area contributed by atoms with Crippen LogP contribution in [0.25, 0.3) is 0 Å². The van der Waals surface area contributed by atoms with E-state index < -0.39 is 0 Å². The number of primary amides is 1. The van der Waals surface area contributed by atoms with Gasteiger partial charge in [-0.25, -0.2) is 0 Å². The summed E-state index contributed by atoms with van der Waals surface area (Å²) < 4.78 is 0. The molecule has 0 aromatic heterocycles. The smallest absolute Gasteiger partial charge is 0.218 e. The van der Waals surface area contributed by atoms with Crippen LogP contribution in [0.1, 0.15) is 27.2 Å². The number of nitrogens with two attached hydrogens (primary N) is 1. The van der Waals surface area contributed by atoms with Gasteiger partial charge in [-0.2, -0.15) is 0 Å². The third kappa shape index (κ3) is 4.09. The summed E-state index contributed by atoms with van der Waals surface area (Å²) in [7, 11) is 0. The maximum Gasteiger partial charge on any atom is 0.218 e. The van der Waals surface area contributed by atoms with E-state index in [4.69, 9.17) is 18.0 Å². The summed E-state index contributed by atoms with van der Waals surface area (Å²) in [6.07, 6.45) is 0.382. The van der Waals surface area contributed by atoms with Crippen LogP contribution >= 0.6 is 12.2 Å². The number of hydrogen-bond acceptors (Lipinski definition) is 2. The first-order valence-electron chi connectivity index (χ1n) is 3.74. The van der Waals surface area contributed by atoms with Gasteiger partial charge in [-0.3, -0.25) is 4.79 Å². The molecule has 0 heterocycles. The zero-order valence-electron chi connectivity index (χ0n) is 7.26. The van der Waals surface area contributed by atoms with Crippen LogP contribution < -0.4 is 5.73 Å². The molecule has 0 saturated heterocycles. The highest BCUT2D eigenvalue weighted by molar-refractivity contribution is 7.80. The maximum absolute atomic E-state index is 10.6. The van der Waals surface area contributed by atoms with Crippen molar-refractivity contribution in [2.45, 2.75) is 27.2 Å². The molecule has 2 nitrogen and oxygen atoms in total. The number of hydrogen-bond donors (Lipinski definition) is 1. The van der Waals surface area contributed by atoms with Crippen molar-refractivity contribution in [1.29, 1.82) is 0 Å².